The summed E-state index contributed by atoms with van der Waals surface area (Å²) in [5.74, 6) is 1.64. The van der Waals surface area contributed by atoms with Crippen LogP contribution in [0.4, 0.5) is 0 Å². The number of hydrogen-bond acceptors (Lipinski definition) is 2. The van der Waals surface area contributed by atoms with E-state index in [1.165, 1.54) is 25.7 Å². The Morgan fingerprint density at radius 1 is 1.26 bits per heavy atom. The van der Waals surface area contributed by atoms with Crippen LogP contribution in [0.3, 0.4) is 0 Å². The molecule has 19 heavy (non-hydrogen) atoms. The lowest BCUT2D eigenvalue weighted by atomic mass is 9.77. The molecule has 0 aromatic heterocycles. The molecule has 1 saturated heterocycles. The van der Waals surface area contributed by atoms with E-state index in [4.69, 9.17) is 0 Å². The van der Waals surface area contributed by atoms with Crippen molar-refractivity contribution in [3.63, 3.8) is 0 Å². The van der Waals surface area contributed by atoms with Gasteiger partial charge >= 0.3 is 0 Å². The summed E-state index contributed by atoms with van der Waals surface area (Å²) in [5, 5.41) is 6.65. The van der Waals surface area contributed by atoms with Gasteiger partial charge in [-0.25, -0.2) is 0 Å². The van der Waals surface area contributed by atoms with Gasteiger partial charge in [0.1, 0.15) is 0 Å². The van der Waals surface area contributed by atoms with Crippen molar-refractivity contribution in [2.45, 2.75) is 58.8 Å². The Balaban J connectivity index is 1.85. The van der Waals surface area contributed by atoms with Gasteiger partial charge < -0.3 is 10.6 Å². The SMILES string of the molecule is CC(C)CC1(C(=O)NCC2CCNCC2)CCCC1. The minimum atomic E-state index is -0.0406. The molecule has 2 aliphatic rings. The van der Waals surface area contributed by atoms with Crippen molar-refractivity contribution in [1.82, 2.24) is 10.6 Å². The zero-order valence-corrected chi connectivity index (χ0v) is 12.6. The molecule has 1 saturated carbocycles. The third-order valence-electron chi connectivity index (χ3n) is 4.85. The standard InChI is InChI=1S/C16H30N2O/c1-13(2)11-16(7-3-4-8-16)15(19)18-12-14-5-9-17-10-6-14/h13-14,17H,3-12H2,1-2H3,(H,18,19). The first-order valence-electron chi connectivity index (χ1n) is 8.11. The van der Waals surface area contributed by atoms with Gasteiger partial charge in [0.25, 0.3) is 0 Å². The molecule has 3 nitrogen and oxygen atoms in total. The Morgan fingerprint density at radius 3 is 2.47 bits per heavy atom. The molecule has 1 amide bonds. The van der Waals surface area contributed by atoms with Crippen LogP contribution < -0.4 is 10.6 Å². The summed E-state index contributed by atoms with van der Waals surface area (Å²) in [4.78, 5) is 12.6. The van der Waals surface area contributed by atoms with Crippen LogP contribution >= 0.6 is 0 Å². The molecule has 0 spiro atoms. The van der Waals surface area contributed by atoms with Gasteiger partial charge in [0, 0.05) is 12.0 Å². The normalized spacial score (nSPS) is 23.7. The van der Waals surface area contributed by atoms with Crippen LogP contribution in [0.15, 0.2) is 0 Å². The number of rotatable bonds is 5. The van der Waals surface area contributed by atoms with Crippen LogP contribution in [0.2, 0.25) is 0 Å². The molecule has 1 heterocycles. The molecule has 2 fully saturated rings. The molecular formula is C16H30N2O. The van der Waals surface area contributed by atoms with Crippen LogP contribution in [-0.2, 0) is 4.79 Å². The summed E-state index contributed by atoms with van der Waals surface area (Å²) in [6.45, 7) is 7.58. The Bertz CT molecular complexity index is 289. The maximum Gasteiger partial charge on any atom is 0.226 e. The molecule has 0 bridgehead atoms. The van der Waals surface area contributed by atoms with Gasteiger partial charge in [0.2, 0.25) is 5.91 Å². The molecule has 1 aliphatic carbocycles. The van der Waals surface area contributed by atoms with Crippen LogP contribution in [-0.4, -0.2) is 25.5 Å². The number of hydrogen-bond donors (Lipinski definition) is 2. The number of amides is 1. The van der Waals surface area contributed by atoms with Crippen LogP contribution in [0.25, 0.3) is 0 Å². The van der Waals surface area contributed by atoms with Gasteiger partial charge in [-0.05, 0) is 57.0 Å². The van der Waals surface area contributed by atoms with Gasteiger partial charge in [-0.15, -0.1) is 0 Å². The fourth-order valence-corrected chi connectivity index (χ4v) is 3.87. The number of carbonyl (C=O) groups is 1. The van der Waals surface area contributed by atoms with E-state index in [9.17, 15) is 4.79 Å². The average molecular weight is 266 g/mol. The van der Waals surface area contributed by atoms with Gasteiger partial charge in [0.05, 0.1) is 0 Å². The number of piperidine rings is 1. The van der Waals surface area contributed by atoms with E-state index >= 15 is 0 Å². The van der Waals surface area contributed by atoms with E-state index in [1.807, 2.05) is 0 Å². The zero-order valence-electron chi connectivity index (χ0n) is 12.6. The summed E-state index contributed by atoms with van der Waals surface area (Å²) < 4.78 is 0. The van der Waals surface area contributed by atoms with Crippen molar-refractivity contribution < 1.29 is 4.79 Å². The summed E-state index contributed by atoms with van der Waals surface area (Å²) in [6.07, 6.45) is 8.13. The highest BCUT2D eigenvalue weighted by molar-refractivity contribution is 5.82. The molecule has 2 N–H and O–H groups in total. The van der Waals surface area contributed by atoms with Crippen molar-refractivity contribution in [2.75, 3.05) is 19.6 Å². The summed E-state index contributed by atoms with van der Waals surface area (Å²) in [6, 6.07) is 0. The molecule has 110 valence electrons. The molecule has 0 aromatic rings. The van der Waals surface area contributed by atoms with E-state index in [0.29, 0.717) is 17.7 Å². The van der Waals surface area contributed by atoms with Gasteiger partial charge in [-0.2, -0.15) is 0 Å². The molecule has 0 radical (unpaired) electrons. The molecule has 1 aliphatic heterocycles. The number of carbonyl (C=O) groups excluding carboxylic acids is 1. The predicted molar refractivity (Wildman–Crippen MR) is 79.0 cm³/mol. The molecule has 2 rings (SSSR count). The van der Waals surface area contributed by atoms with Crippen LogP contribution in [0, 0.1) is 17.3 Å². The van der Waals surface area contributed by atoms with Crippen molar-refractivity contribution >= 4 is 5.91 Å². The predicted octanol–water partition coefficient (Wildman–Crippen LogP) is 2.71. The summed E-state index contributed by atoms with van der Waals surface area (Å²) in [7, 11) is 0. The molecule has 3 heteroatoms. The van der Waals surface area contributed by atoms with Crippen LogP contribution in [0.5, 0.6) is 0 Å². The largest absolute Gasteiger partial charge is 0.355 e. The lowest BCUT2D eigenvalue weighted by Crippen LogP contribution is -2.43. The topological polar surface area (TPSA) is 41.1 Å². The van der Waals surface area contributed by atoms with Gasteiger partial charge in [0.15, 0.2) is 0 Å². The second-order valence-corrected chi connectivity index (χ2v) is 6.99. The average Bonchev–Trinajstić information content (AvgIpc) is 2.86. The Labute approximate surface area is 117 Å². The fourth-order valence-electron chi connectivity index (χ4n) is 3.87. The van der Waals surface area contributed by atoms with Crippen molar-refractivity contribution in [1.29, 1.82) is 0 Å². The lowest BCUT2D eigenvalue weighted by molar-refractivity contribution is -0.132. The lowest BCUT2D eigenvalue weighted by Gasteiger charge is -2.31. The van der Waals surface area contributed by atoms with Crippen molar-refractivity contribution in [2.24, 2.45) is 17.3 Å². The third-order valence-corrected chi connectivity index (χ3v) is 4.85. The van der Waals surface area contributed by atoms with E-state index in [1.54, 1.807) is 0 Å². The third kappa shape index (κ3) is 3.95. The summed E-state index contributed by atoms with van der Waals surface area (Å²) in [5.41, 5.74) is -0.0406. The molecular weight excluding hydrogens is 236 g/mol. The first kappa shape index (κ1) is 14.8. The number of nitrogens with one attached hydrogen (secondary N) is 2. The smallest absolute Gasteiger partial charge is 0.226 e. The quantitative estimate of drug-likeness (QED) is 0.803. The van der Waals surface area contributed by atoms with Crippen molar-refractivity contribution in [3.05, 3.63) is 0 Å². The van der Waals surface area contributed by atoms with E-state index in [0.717, 1.165) is 38.9 Å². The highest BCUT2D eigenvalue weighted by Gasteiger charge is 2.41. The van der Waals surface area contributed by atoms with Gasteiger partial charge in [-0.3, -0.25) is 4.79 Å². The van der Waals surface area contributed by atoms with Crippen LogP contribution in [0.1, 0.15) is 58.8 Å². The maximum atomic E-state index is 12.6. The minimum absolute atomic E-state index is 0.0406. The molecule has 0 unspecified atom stereocenters. The Morgan fingerprint density at radius 2 is 1.89 bits per heavy atom. The highest BCUT2D eigenvalue weighted by atomic mass is 16.2. The second kappa shape index (κ2) is 6.74. The Hall–Kier alpha value is -0.570. The first-order valence-corrected chi connectivity index (χ1v) is 8.11. The van der Waals surface area contributed by atoms with Crippen molar-refractivity contribution in [3.8, 4) is 0 Å². The second-order valence-electron chi connectivity index (χ2n) is 6.99. The monoisotopic (exact) mass is 266 g/mol. The van der Waals surface area contributed by atoms with E-state index in [-0.39, 0.29) is 5.41 Å². The Kier molecular flexibility index (Phi) is 5.26. The molecule has 0 aromatic carbocycles. The first-order chi connectivity index (χ1) is 9.12. The van der Waals surface area contributed by atoms with E-state index in [2.05, 4.69) is 24.5 Å². The summed E-state index contributed by atoms with van der Waals surface area (Å²) >= 11 is 0. The van der Waals surface area contributed by atoms with E-state index < -0.39 is 0 Å². The molecule has 0 atom stereocenters. The highest BCUT2D eigenvalue weighted by Crippen LogP contribution is 2.43. The fraction of sp³-hybridized carbons (Fsp3) is 0.938. The zero-order chi connectivity index (χ0) is 13.7. The van der Waals surface area contributed by atoms with Gasteiger partial charge in [-0.1, -0.05) is 26.7 Å². The minimum Gasteiger partial charge on any atom is -0.355 e. The maximum absolute atomic E-state index is 12.6.